The molecule has 136 valence electrons. The van der Waals surface area contributed by atoms with Crippen molar-refractivity contribution >= 4 is 17.8 Å². The Kier molecular flexibility index (Phi) is 6.80. The Labute approximate surface area is 146 Å². The molecule has 2 amide bonds. The van der Waals surface area contributed by atoms with Gasteiger partial charge in [0, 0.05) is 6.04 Å². The molecule has 7 nitrogen and oxygen atoms in total. The third-order valence-electron chi connectivity index (χ3n) is 4.32. The minimum Gasteiger partial charge on any atom is -0.481 e. The molecule has 2 rings (SSSR count). The topological polar surface area (TPSA) is 108 Å². The minimum atomic E-state index is -0.689. The number of nitrogens with one attached hydrogen (secondary N) is 1. The number of hydrogen-bond donors (Lipinski definition) is 2. The van der Waals surface area contributed by atoms with Gasteiger partial charge in [-0.05, 0) is 30.9 Å². The van der Waals surface area contributed by atoms with Gasteiger partial charge in [0.1, 0.15) is 5.75 Å². The maximum atomic E-state index is 11.9. The Morgan fingerprint density at radius 2 is 1.88 bits per heavy atom. The standard InChI is InChI=1S/C18H24N2O5/c1-12-6-2-4-8-14(12)20-16(21)10-25-17(22)11-24-15-9-5-3-7-13(15)18(19)23/h3,5,7,9,12,14H,2,4,6,8,10-11H2,1H3,(H2,19,23)(H,20,21)/t12-,14-/m1/s1. The van der Waals surface area contributed by atoms with Crippen LogP contribution in [0.3, 0.4) is 0 Å². The van der Waals surface area contributed by atoms with Crippen LogP contribution in [-0.4, -0.2) is 37.0 Å². The van der Waals surface area contributed by atoms with Crippen LogP contribution in [0, 0.1) is 5.92 Å². The minimum absolute atomic E-state index is 0.138. The van der Waals surface area contributed by atoms with Gasteiger partial charge in [0.2, 0.25) is 0 Å². The van der Waals surface area contributed by atoms with Gasteiger partial charge in [0.25, 0.3) is 11.8 Å². The average molecular weight is 348 g/mol. The highest BCUT2D eigenvalue weighted by molar-refractivity contribution is 5.95. The van der Waals surface area contributed by atoms with Crippen molar-refractivity contribution in [3.05, 3.63) is 29.8 Å². The summed E-state index contributed by atoms with van der Waals surface area (Å²) in [5.41, 5.74) is 5.41. The van der Waals surface area contributed by atoms with Gasteiger partial charge in [-0.1, -0.05) is 31.9 Å². The van der Waals surface area contributed by atoms with E-state index >= 15 is 0 Å². The third kappa shape index (κ3) is 5.77. The second-order valence-corrected chi connectivity index (χ2v) is 6.25. The van der Waals surface area contributed by atoms with Crippen molar-refractivity contribution in [2.24, 2.45) is 11.7 Å². The summed E-state index contributed by atoms with van der Waals surface area (Å²) in [6.45, 7) is 1.36. The SMILES string of the molecule is C[C@@H]1CCCC[C@H]1NC(=O)COC(=O)COc1ccccc1C(N)=O. The number of primary amides is 1. The Morgan fingerprint density at radius 3 is 2.60 bits per heavy atom. The zero-order valence-electron chi connectivity index (χ0n) is 14.3. The molecule has 3 N–H and O–H groups in total. The molecule has 7 heteroatoms. The predicted octanol–water partition coefficient (Wildman–Crippen LogP) is 1.40. The summed E-state index contributed by atoms with van der Waals surface area (Å²) in [7, 11) is 0. The molecule has 1 aliphatic rings. The number of carbonyl (C=O) groups excluding carboxylic acids is 3. The molecule has 1 aromatic carbocycles. The maximum absolute atomic E-state index is 11.9. The van der Waals surface area contributed by atoms with Crippen LogP contribution in [0.2, 0.25) is 0 Å². The van der Waals surface area contributed by atoms with Gasteiger partial charge in [-0.15, -0.1) is 0 Å². The predicted molar refractivity (Wildman–Crippen MR) is 91.0 cm³/mol. The van der Waals surface area contributed by atoms with Crippen LogP contribution in [-0.2, 0) is 14.3 Å². The van der Waals surface area contributed by atoms with Gasteiger partial charge in [0.15, 0.2) is 13.2 Å². The molecule has 0 aliphatic heterocycles. The summed E-state index contributed by atoms with van der Waals surface area (Å²) in [4.78, 5) is 34.9. The first-order valence-electron chi connectivity index (χ1n) is 8.44. The van der Waals surface area contributed by atoms with Crippen LogP contribution in [0.4, 0.5) is 0 Å². The Balaban J connectivity index is 1.73. The van der Waals surface area contributed by atoms with E-state index in [1.807, 2.05) is 0 Å². The second-order valence-electron chi connectivity index (χ2n) is 6.25. The zero-order valence-corrected chi connectivity index (χ0v) is 14.3. The Hall–Kier alpha value is -2.57. The van der Waals surface area contributed by atoms with Crippen LogP contribution in [0.5, 0.6) is 5.75 Å². The molecule has 0 heterocycles. The molecular weight excluding hydrogens is 324 g/mol. The fourth-order valence-corrected chi connectivity index (χ4v) is 2.90. The van der Waals surface area contributed by atoms with Crippen LogP contribution in [0.1, 0.15) is 43.0 Å². The molecular formula is C18H24N2O5. The molecule has 2 atom stereocenters. The highest BCUT2D eigenvalue weighted by atomic mass is 16.6. The maximum Gasteiger partial charge on any atom is 0.344 e. The summed E-state index contributed by atoms with van der Waals surface area (Å²) < 4.78 is 10.2. The van der Waals surface area contributed by atoms with Crippen molar-refractivity contribution in [2.75, 3.05) is 13.2 Å². The quantitative estimate of drug-likeness (QED) is 0.724. The van der Waals surface area contributed by atoms with Gasteiger partial charge in [-0.2, -0.15) is 0 Å². The second kappa shape index (κ2) is 9.05. The lowest BCUT2D eigenvalue weighted by Crippen LogP contribution is -2.43. The number of para-hydroxylation sites is 1. The molecule has 0 saturated heterocycles. The lowest BCUT2D eigenvalue weighted by atomic mass is 9.86. The van der Waals surface area contributed by atoms with Crippen molar-refractivity contribution in [3.8, 4) is 5.75 Å². The number of hydrogen-bond acceptors (Lipinski definition) is 5. The van der Waals surface area contributed by atoms with E-state index in [0.29, 0.717) is 5.92 Å². The first-order valence-corrected chi connectivity index (χ1v) is 8.44. The number of rotatable bonds is 7. The number of amides is 2. The zero-order chi connectivity index (χ0) is 18.2. The van der Waals surface area contributed by atoms with Crippen LogP contribution >= 0.6 is 0 Å². The summed E-state index contributed by atoms with van der Waals surface area (Å²) in [5.74, 6) is -1.02. The normalized spacial score (nSPS) is 19.7. The third-order valence-corrected chi connectivity index (χ3v) is 4.32. The molecule has 1 aliphatic carbocycles. The monoisotopic (exact) mass is 348 g/mol. The number of nitrogens with two attached hydrogens (primary N) is 1. The van der Waals surface area contributed by atoms with Crippen molar-refractivity contribution in [1.82, 2.24) is 5.32 Å². The summed E-state index contributed by atoms with van der Waals surface area (Å²) in [5, 5.41) is 2.90. The van der Waals surface area contributed by atoms with E-state index in [1.165, 1.54) is 18.6 Å². The van der Waals surface area contributed by atoms with Crippen molar-refractivity contribution < 1.29 is 23.9 Å². The van der Waals surface area contributed by atoms with Crippen LogP contribution in [0.25, 0.3) is 0 Å². The number of benzene rings is 1. The lowest BCUT2D eigenvalue weighted by molar-refractivity contribution is -0.150. The van der Waals surface area contributed by atoms with Gasteiger partial charge in [-0.3, -0.25) is 9.59 Å². The molecule has 25 heavy (non-hydrogen) atoms. The molecule has 0 radical (unpaired) electrons. The summed E-state index contributed by atoms with van der Waals surface area (Å²) in [6.07, 6.45) is 4.33. The van der Waals surface area contributed by atoms with Crippen molar-refractivity contribution in [1.29, 1.82) is 0 Å². The Morgan fingerprint density at radius 1 is 1.16 bits per heavy atom. The molecule has 0 unspecified atom stereocenters. The average Bonchev–Trinajstić information content (AvgIpc) is 2.60. The van der Waals surface area contributed by atoms with Gasteiger partial charge in [-0.25, -0.2) is 4.79 Å². The van der Waals surface area contributed by atoms with E-state index in [2.05, 4.69) is 12.2 Å². The van der Waals surface area contributed by atoms with E-state index in [1.54, 1.807) is 12.1 Å². The van der Waals surface area contributed by atoms with Crippen LogP contribution < -0.4 is 15.8 Å². The summed E-state index contributed by atoms with van der Waals surface area (Å²) in [6, 6.07) is 6.47. The van der Waals surface area contributed by atoms with E-state index in [0.717, 1.165) is 19.3 Å². The fraction of sp³-hybridized carbons (Fsp3) is 0.500. The van der Waals surface area contributed by atoms with E-state index in [-0.39, 0.29) is 29.9 Å². The number of carbonyl (C=O) groups is 3. The first-order chi connectivity index (χ1) is 12.0. The highest BCUT2D eigenvalue weighted by Crippen LogP contribution is 2.23. The lowest BCUT2D eigenvalue weighted by Gasteiger charge is -2.29. The molecule has 1 saturated carbocycles. The number of esters is 1. The highest BCUT2D eigenvalue weighted by Gasteiger charge is 2.23. The van der Waals surface area contributed by atoms with E-state index in [4.69, 9.17) is 15.2 Å². The van der Waals surface area contributed by atoms with Gasteiger partial charge < -0.3 is 20.5 Å². The molecule has 0 bridgehead atoms. The molecule has 1 fully saturated rings. The van der Waals surface area contributed by atoms with Gasteiger partial charge in [0.05, 0.1) is 5.56 Å². The van der Waals surface area contributed by atoms with Crippen molar-refractivity contribution in [3.63, 3.8) is 0 Å². The smallest absolute Gasteiger partial charge is 0.344 e. The molecule has 0 spiro atoms. The van der Waals surface area contributed by atoms with E-state index < -0.39 is 18.5 Å². The van der Waals surface area contributed by atoms with Crippen molar-refractivity contribution in [2.45, 2.75) is 38.6 Å². The number of ether oxygens (including phenoxy) is 2. The first kappa shape index (κ1) is 18.8. The van der Waals surface area contributed by atoms with Gasteiger partial charge >= 0.3 is 5.97 Å². The van der Waals surface area contributed by atoms with E-state index in [9.17, 15) is 14.4 Å². The molecule has 0 aromatic heterocycles. The molecule has 1 aromatic rings. The summed E-state index contributed by atoms with van der Waals surface area (Å²) >= 11 is 0. The fourth-order valence-electron chi connectivity index (χ4n) is 2.90. The van der Waals surface area contributed by atoms with Crippen LogP contribution in [0.15, 0.2) is 24.3 Å². The Bertz CT molecular complexity index is 632. The largest absolute Gasteiger partial charge is 0.481 e.